The van der Waals surface area contributed by atoms with Gasteiger partial charge in [-0.05, 0) is 59.1 Å². The SMILES string of the molecule is Cc1ccccc1C(C)Nc1ccc(C#N)c(Br)c1. The summed E-state index contributed by atoms with van der Waals surface area (Å²) in [6.07, 6.45) is 0. The molecular formula is C16H15BrN2. The Hall–Kier alpha value is -1.79. The van der Waals surface area contributed by atoms with Crippen LogP contribution in [-0.2, 0) is 0 Å². The van der Waals surface area contributed by atoms with Crippen molar-refractivity contribution in [3.63, 3.8) is 0 Å². The van der Waals surface area contributed by atoms with Crippen LogP contribution < -0.4 is 5.32 Å². The molecule has 3 heteroatoms. The van der Waals surface area contributed by atoms with Crippen molar-refractivity contribution in [3.05, 3.63) is 63.6 Å². The fraction of sp³-hybridized carbons (Fsp3) is 0.188. The highest BCUT2D eigenvalue weighted by molar-refractivity contribution is 9.10. The van der Waals surface area contributed by atoms with Gasteiger partial charge < -0.3 is 5.32 Å². The molecule has 1 N–H and O–H groups in total. The van der Waals surface area contributed by atoms with Crippen LogP contribution in [0.15, 0.2) is 46.9 Å². The lowest BCUT2D eigenvalue weighted by Crippen LogP contribution is -2.08. The van der Waals surface area contributed by atoms with Gasteiger partial charge in [-0.2, -0.15) is 5.26 Å². The third-order valence-electron chi connectivity index (χ3n) is 3.13. The first-order valence-corrected chi connectivity index (χ1v) is 6.93. The van der Waals surface area contributed by atoms with Crippen LogP contribution in [0, 0.1) is 18.3 Å². The molecule has 0 aliphatic rings. The fourth-order valence-corrected chi connectivity index (χ4v) is 2.56. The highest BCUT2D eigenvalue weighted by Crippen LogP contribution is 2.25. The largest absolute Gasteiger partial charge is 0.378 e. The van der Waals surface area contributed by atoms with E-state index in [-0.39, 0.29) is 6.04 Å². The minimum atomic E-state index is 0.223. The summed E-state index contributed by atoms with van der Waals surface area (Å²) in [5.41, 5.74) is 4.20. The fourth-order valence-electron chi connectivity index (χ4n) is 2.10. The summed E-state index contributed by atoms with van der Waals surface area (Å²) < 4.78 is 0.817. The van der Waals surface area contributed by atoms with Crippen molar-refractivity contribution in [1.29, 1.82) is 5.26 Å². The molecule has 0 heterocycles. The maximum atomic E-state index is 8.91. The molecule has 1 unspecified atom stereocenters. The number of anilines is 1. The number of aryl methyl sites for hydroxylation is 1. The molecular weight excluding hydrogens is 300 g/mol. The second-order valence-electron chi connectivity index (χ2n) is 4.53. The molecule has 0 aliphatic heterocycles. The van der Waals surface area contributed by atoms with Crippen LogP contribution in [0.25, 0.3) is 0 Å². The number of nitrogens with zero attached hydrogens (tertiary/aromatic N) is 1. The van der Waals surface area contributed by atoms with Gasteiger partial charge in [0.05, 0.1) is 5.56 Å². The quantitative estimate of drug-likeness (QED) is 0.883. The van der Waals surface area contributed by atoms with Crippen LogP contribution in [0.5, 0.6) is 0 Å². The van der Waals surface area contributed by atoms with Gasteiger partial charge in [-0.1, -0.05) is 24.3 Å². The van der Waals surface area contributed by atoms with E-state index < -0.39 is 0 Å². The third-order valence-corrected chi connectivity index (χ3v) is 3.78. The molecule has 0 radical (unpaired) electrons. The van der Waals surface area contributed by atoms with E-state index in [1.165, 1.54) is 11.1 Å². The van der Waals surface area contributed by atoms with Crippen molar-refractivity contribution < 1.29 is 0 Å². The summed E-state index contributed by atoms with van der Waals surface area (Å²) in [4.78, 5) is 0. The maximum Gasteiger partial charge on any atom is 0.100 e. The molecule has 2 aromatic carbocycles. The Morgan fingerprint density at radius 2 is 1.95 bits per heavy atom. The summed E-state index contributed by atoms with van der Waals surface area (Å²) >= 11 is 3.41. The molecule has 19 heavy (non-hydrogen) atoms. The number of nitriles is 1. The second kappa shape index (κ2) is 5.90. The van der Waals surface area contributed by atoms with E-state index in [1.807, 2.05) is 24.3 Å². The van der Waals surface area contributed by atoms with Crippen molar-refractivity contribution >= 4 is 21.6 Å². The van der Waals surface area contributed by atoms with E-state index >= 15 is 0 Å². The highest BCUT2D eigenvalue weighted by atomic mass is 79.9. The Bertz CT molecular complexity index is 629. The summed E-state index contributed by atoms with van der Waals surface area (Å²) in [6.45, 7) is 4.25. The van der Waals surface area contributed by atoms with Crippen LogP contribution in [0.2, 0.25) is 0 Å². The first kappa shape index (κ1) is 13.6. The molecule has 0 aromatic heterocycles. The van der Waals surface area contributed by atoms with Crippen LogP contribution in [-0.4, -0.2) is 0 Å². The maximum absolute atomic E-state index is 8.91. The Morgan fingerprint density at radius 3 is 2.58 bits per heavy atom. The monoisotopic (exact) mass is 314 g/mol. The first-order valence-electron chi connectivity index (χ1n) is 6.13. The Kier molecular flexibility index (Phi) is 4.24. The number of hydrogen-bond donors (Lipinski definition) is 1. The van der Waals surface area contributed by atoms with Gasteiger partial charge in [0.25, 0.3) is 0 Å². The zero-order valence-electron chi connectivity index (χ0n) is 10.9. The smallest absolute Gasteiger partial charge is 0.100 e. The molecule has 0 bridgehead atoms. The molecule has 2 nitrogen and oxygen atoms in total. The summed E-state index contributed by atoms with van der Waals surface area (Å²) in [6, 6.07) is 16.4. The van der Waals surface area contributed by atoms with Gasteiger partial charge in [0, 0.05) is 16.2 Å². The Morgan fingerprint density at radius 1 is 1.21 bits per heavy atom. The molecule has 0 aliphatic carbocycles. The minimum absolute atomic E-state index is 0.223. The van der Waals surface area contributed by atoms with Gasteiger partial charge in [-0.3, -0.25) is 0 Å². The summed E-state index contributed by atoms with van der Waals surface area (Å²) in [7, 11) is 0. The number of rotatable bonds is 3. The Balaban J connectivity index is 2.20. The highest BCUT2D eigenvalue weighted by Gasteiger charge is 2.08. The molecule has 0 saturated heterocycles. The molecule has 0 amide bonds. The summed E-state index contributed by atoms with van der Waals surface area (Å²) in [5.74, 6) is 0. The zero-order valence-corrected chi connectivity index (χ0v) is 12.5. The van der Waals surface area contributed by atoms with Crippen molar-refractivity contribution in [2.24, 2.45) is 0 Å². The van der Waals surface area contributed by atoms with Gasteiger partial charge in [-0.25, -0.2) is 0 Å². The molecule has 0 saturated carbocycles. The predicted octanol–water partition coefficient (Wildman–Crippen LogP) is 4.80. The standard InChI is InChI=1S/C16H15BrN2/c1-11-5-3-4-6-15(11)12(2)19-14-8-7-13(10-18)16(17)9-14/h3-9,12,19H,1-2H3. The van der Waals surface area contributed by atoms with Gasteiger partial charge in [-0.15, -0.1) is 0 Å². The lowest BCUT2D eigenvalue weighted by molar-refractivity contribution is 0.874. The minimum Gasteiger partial charge on any atom is -0.378 e. The van der Waals surface area contributed by atoms with Gasteiger partial charge in [0.2, 0.25) is 0 Å². The van der Waals surface area contributed by atoms with E-state index in [4.69, 9.17) is 5.26 Å². The Labute approximate surface area is 122 Å². The van der Waals surface area contributed by atoms with Crippen LogP contribution in [0.3, 0.4) is 0 Å². The van der Waals surface area contributed by atoms with E-state index in [9.17, 15) is 0 Å². The van der Waals surface area contributed by atoms with E-state index in [0.29, 0.717) is 5.56 Å². The number of nitrogens with one attached hydrogen (secondary N) is 1. The van der Waals surface area contributed by atoms with Crippen molar-refractivity contribution in [1.82, 2.24) is 0 Å². The number of benzene rings is 2. The second-order valence-corrected chi connectivity index (χ2v) is 5.38. The number of hydrogen-bond acceptors (Lipinski definition) is 2. The van der Waals surface area contributed by atoms with E-state index in [0.717, 1.165) is 10.2 Å². The molecule has 96 valence electrons. The van der Waals surface area contributed by atoms with Crippen molar-refractivity contribution in [2.45, 2.75) is 19.9 Å². The van der Waals surface area contributed by atoms with Crippen LogP contribution >= 0.6 is 15.9 Å². The average Bonchev–Trinajstić information content (AvgIpc) is 2.39. The zero-order chi connectivity index (χ0) is 13.8. The van der Waals surface area contributed by atoms with Crippen LogP contribution in [0.4, 0.5) is 5.69 Å². The molecule has 1 atom stereocenters. The summed E-state index contributed by atoms with van der Waals surface area (Å²) in [5, 5.41) is 12.4. The van der Waals surface area contributed by atoms with Gasteiger partial charge in [0.1, 0.15) is 6.07 Å². The van der Waals surface area contributed by atoms with Crippen molar-refractivity contribution in [2.75, 3.05) is 5.32 Å². The van der Waals surface area contributed by atoms with Crippen LogP contribution in [0.1, 0.15) is 29.7 Å². The molecule has 0 fully saturated rings. The topological polar surface area (TPSA) is 35.8 Å². The third kappa shape index (κ3) is 3.15. The van der Waals surface area contributed by atoms with Gasteiger partial charge in [0.15, 0.2) is 0 Å². The van der Waals surface area contributed by atoms with Crippen molar-refractivity contribution in [3.8, 4) is 6.07 Å². The molecule has 0 spiro atoms. The lowest BCUT2D eigenvalue weighted by atomic mass is 10.0. The average molecular weight is 315 g/mol. The van der Waals surface area contributed by atoms with E-state index in [1.54, 1.807) is 0 Å². The first-order chi connectivity index (χ1) is 9.11. The van der Waals surface area contributed by atoms with Gasteiger partial charge >= 0.3 is 0 Å². The number of halogens is 1. The molecule has 2 aromatic rings. The predicted molar refractivity (Wildman–Crippen MR) is 82.1 cm³/mol. The normalized spacial score (nSPS) is 11.7. The van der Waals surface area contributed by atoms with E-state index in [2.05, 4.69) is 59.4 Å². The molecule has 2 rings (SSSR count). The lowest BCUT2D eigenvalue weighted by Gasteiger charge is -2.18.